The fraction of sp³-hybridized carbons (Fsp3) is 0.389. The van der Waals surface area contributed by atoms with Gasteiger partial charge in [0.15, 0.2) is 0 Å². The third-order valence-corrected chi connectivity index (χ3v) is 4.27. The standard InChI is InChI=1S/C18H22N4O3/c1-3-25-16-6-12(2)4-5-13(16)8-19-18(24)14-7-17(23)22(11-14)15-9-20-21-10-15/h4-6,9-10,14H,3,7-8,11H2,1-2H3,(H,19,24)(H,20,21)/t14-/m0/s1. The van der Waals surface area contributed by atoms with Gasteiger partial charge in [0.05, 0.1) is 24.4 Å². The van der Waals surface area contributed by atoms with Crippen molar-refractivity contribution in [2.75, 3.05) is 18.1 Å². The van der Waals surface area contributed by atoms with Gasteiger partial charge in [-0.2, -0.15) is 5.10 Å². The average molecular weight is 342 g/mol. The summed E-state index contributed by atoms with van der Waals surface area (Å²) in [5, 5.41) is 9.45. The molecule has 0 saturated carbocycles. The van der Waals surface area contributed by atoms with E-state index in [2.05, 4.69) is 15.5 Å². The molecule has 0 radical (unpaired) electrons. The van der Waals surface area contributed by atoms with Crippen molar-refractivity contribution in [3.05, 3.63) is 41.7 Å². The zero-order valence-electron chi connectivity index (χ0n) is 14.4. The number of amides is 2. The molecular weight excluding hydrogens is 320 g/mol. The predicted octanol–water partition coefficient (Wildman–Crippen LogP) is 1.79. The summed E-state index contributed by atoms with van der Waals surface area (Å²) in [5.74, 6) is 0.239. The Hall–Kier alpha value is -2.83. The van der Waals surface area contributed by atoms with Crippen LogP contribution in [0, 0.1) is 12.8 Å². The maximum absolute atomic E-state index is 12.5. The van der Waals surface area contributed by atoms with Crippen LogP contribution in [0.5, 0.6) is 5.75 Å². The van der Waals surface area contributed by atoms with Crippen molar-refractivity contribution < 1.29 is 14.3 Å². The lowest BCUT2D eigenvalue weighted by Gasteiger charge is -2.15. The summed E-state index contributed by atoms with van der Waals surface area (Å²) >= 11 is 0. The molecule has 0 unspecified atom stereocenters. The number of benzene rings is 1. The van der Waals surface area contributed by atoms with Gasteiger partial charge in [0, 0.05) is 31.3 Å². The SMILES string of the molecule is CCOc1cc(C)ccc1CNC(=O)[C@H]1CC(=O)N(c2cn[nH]c2)C1. The first kappa shape index (κ1) is 17.0. The molecule has 1 atom stereocenters. The zero-order valence-corrected chi connectivity index (χ0v) is 14.4. The van der Waals surface area contributed by atoms with Crippen LogP contribution in [0.25, 0.3) is 0 Å². The Morgan fingerprint density at radius 2 is 2.32 bits per heavy atom. The monoisotopic (exact) mass is 342 g/mol. The molecule has 0 spiro atoms. The molecule has 7 heteroatoms. The molecule has 1 saturated heterocycles. The van der Waals surface area contributed by atoms with Crippen molar-refractivity contribution in [1.82, 2.24) is 15.5 Å². The third-order valence-electron chi connectivity index (χ3n) is 4.27. The Bertz CT molecular complexity index is 758. The van der Waals surface area contributed by atoms with Crippen molar-refractivity contribution in [1.29, 1.82) is 0 Å². The van der Waals surface area contributed by atoms with E-state index in [4.69, 9.17) is 4.74 Å². The minimum absolute atomic E-state index is 0.0631. The third kappa shape index (κ3) is 3.81. The molecule has 132 valence electrons. The van der Waals surface area contributed by atoms with E-state index in [0.29, 0.717) is 25.4 Å². The molecule has 7 nitrogen and oxygen atoms in total. The summed E-state index contributed by atoms with van der Waals surface area (Å²) in [5.41, 5.74) is 2.73. The van der Waals surface area contributed by atoms with Gasteiger partial charge in [-0.05, 0) is 25.5 Å². The predicted molar refractivity (Wildman–Crippen MR) is 93.2 cm³/mol. The molecule has 2 N–H and O–H groups in total. The van der Waals surface area contributed by atoms with Gasteiger partial charge in [-0.15, -0.1) is 0 Å². The first-order chi connectivity index (χ1) is 12.1. The molecule has 1 aliphatic heterocycles. The molecule has 2 aromatic rings. The van der Waals surface area contributed by atoms with Gasteiger partial charge < -0.3 is 15.0 Å². The van der Waals surface area contributed by atoms with E-state index in [0.717, 1.165) is 16.9 Å². The number of aryl methyl sites for hydroxylation is 1. The number of anilines is 1. The van der Waals surface area contributed by atoms with Gasteiger partial charge in [-0.1, -0.05) is 12.1 Å². The summed E-state index contributed by atoms with van der Waals surface area (Å²) in [6, 6.07) is 5.91. The number of hydrogen-bond donors (Lipinski definition) is 2. The van der Waals surface area contributed by atoms with Crippen LogP contribution in [0.2, 0.25) is 0 Å². The highest BCUT2D eigenvalue weighted by Crippen LogP contribution is 2.25. The Morgan fingerprint density at radius 3 is 3.04 bits per heavy atom. The molecular formula is C18H22N4O3. The van der Waals surface area contributed by atoms with Crippen LogP contribution in [0.4, 0.5) is 5.69 Å². The largest absolute Gasteiger partial charge is 0.494 e. The van der Waals surface area contributed by atoms with Crippen LogP contribution in [0.3, 0.4) is 0 Å². The normalized spacial score (nSPS) is 17.0. The Morgan fingerprint density at radius 1 is 1.48 bits per heavy atom. The lowest BCUT2D eigenvalue weighted by molar-refractivity contribution is -0.126. The summed E-state index contributed by atoms with van der Waals surface area (Å²) in [7, 11) is 0. The van der Waals surface area contributed by atoms with Gasteiger partial charge in [-0.3, -0.25) is 14.7 Å². The maximum atomic E-state index is 12.5. The van der Waals surface area contributed by atoms with E-state index in [1.54, 1.807) is 17.3 Å². The van der Waals surface area contributed by atoms with Crippen molar-refractivity contribution in [3.8, 4) is 5.75 Å². The van der Waals surface area contributed by atoms with Gasteiger partial charge in [0.1, 0.15) is 5.75 Å². The fourth-order valence-electron chi connectivity index (χ4n) is 2.95. The number of carbonyl (C=O) groups is 2. The number of nitrogens with one attached hydrogen (secondary N) is 2. The second kappa shape index (κ2) is 7.38. The number of nitrogens with zero attached hydrogens (tertiary/aromatic N) is 2. The zero-order chi connectivity index (χ0) is 17.8. The summed E-state index contributed by atoms with van der Waals surface area (Å²) in [6.45, 7) is 5.25. The molecule has 1 aromatic heterocycles. The number of H-pyrrole nitrogens is 1. The van der Waals surface area contributed by atoms with Crippen LogP contribution in [0.1, 0.15) is 24.5 Å². The van der Waals surface area contributed by atoms with Crippen molar-refractivity contribution in [2.24, 2.45) is 5.92 Å². The van der Waals surface area contributed by atoms with Crippen LogP contribution in [-0.2, 0) is 16.1 Å². The van der Waals surface area contributed by atoms with Crippen LogP contribution >= 0.6 is 0 Å². The van der Waals surface area contributed by atoms with Gasteiger partial charge >= 0.3 is 0 Å². The second-order valence-electron chi connectivity index (χ2n) is 6.12. The van der Waals surface area contributed by atoms with Gasteiger partial charge in [-0.25, -0.2) is 0 Å². The van der Waals surface area contributed by atoms with Gasteiger partial charge in [0.25, 0.3) is 0 Å². The summed E-state index contributed by atoms with van der Waals surface area (Å²) in [4.78, 5) is 26.2. The first-order valence-corrected chi connectivity index (χ1v) is 8.37. The lowest BCUT2D eigenvalue weighted by Crippen LogP contribution is -2.32. The summed E-state index contributed by atoms with van der Waals surface area (Å²) < 4.78 is 5.63. The van der Waals surface area contributed by atoms with Crippen molar-refractivity contribution in [2.45, 2.75) is 26.8 Å². The van der Waals surface area contributed by atoms with Crippen LogP contribution in [-0.4, -0.2) is 35.2 Å². The number of ether oxygens (including phenoxy) is 1. The van der Waals surface area contributed by atoms with Crippen LogP contribution < -0.4 is 15.0 Å². The molecule has 2 amide bonds. The molecule has 1 aromatic carbocycles. The first-order valence-electron chi connectivity index (χ1n) is 8.37. The summed E-state index contributed by atoms with van der Waals surface area (Å²) in [6.07, 6.45) is 3.45. The highest BCUT2D eigenvalue weighted by molar-refractivity contribution is 6.00. The van der Waals surface area contributed by atoms with Crippen molar-refractivity contribution in [3.63, 3.8) is 0 Å². The Balaban J connectivity index is 1.61. The van der Waals surface area contributed by atoms with E-state index in [1.165, 1.54) is 0 Å². The topological polar surface area (TPSA) is 87.3 Å². The second-order valence-corrected chi connectivity index (χ2v) is 6.12. The van der Waals surface area contributed by atoms with Gasteiger partial charge in [0.2, 0.25) is 11.8 Å². The maximum Gasteiger partial charge on any atom is 0.227 e. The fourth-order valence-corrected chi connectivity index (χ4v) is 2.95. The van der Waals surface area contributed by atoms with E-state index in [-0.39, 0.29) is 24.2 Å². The molecule has 1 aliphatic rings. The molecule has 2 heterocycles. The Kier molecular flexibility index (Phi) is 5.02. The van der Waals surface area contributed by atoms with E-state index in [1.807, 2.05) is 32.0 Å². The number of hydrogen-bond acceptors (Lipinski definition) is 4. The highest BCUT2D eigenvalue weighted by atomic mass is 16.5. The van der Waals surface area contributed by atoms with E-state index in [9.17, 15) is 9.59 Å². The smallest absolute Gasteiger partial charge is 0.227 e. The minimum Gasteiger partial charge on any atom is -0.494 e. The molecule has 1 fully saturated rings. The lowest BCUT2D eigenvalue weighted by atomic mass is 10.1. The highest BCUT2D eigenvalue weighted by Gasteiger charge is 2.35. The number of carbonyl (C=O) groups excluding carboxylic acids is 2. The number of aromatic nitrogens is 2. The number of rotatable bonds is 6. The average Bonchev–Trinajstić information content (AvgIpc) is 3.23. The molecule has 0 aliphatic carbocycles. The quantitative estimate of drug-likeness (QED) is 0.838. The molecule has 0 bridgehead atoms. The van der Waals surface area contributed by atoms with E-state index < -0.39 is 0 Å². The molecule has 3 rings (SSSR count). The number of aromatic amines is 1. The Labute approximate surface area is 146 Å². The van der Waals surface area contributed by atoms with E-state index >= 15 is 0 Å². The van der Waals surface area contributed by atoms with Crippen molar-refractivity contribution >= 4 is 17.5 Å². The minimum atomic E-state index is -0.358. The van der Waals surface area contributed by atoms with Crippen LogP contribution in [0.15, 0.2) is 30.6 Å². The molecule has 25 heavy (non-hydrogen) atoms.